The molecule has 0 unspecified atom stereocenters. The number of ether oxygens (including phenoxy) is 3. The molecule has 0 amide bonds. The largest absolute Gasteiger partial charge is 0.368 e. The van der Waals surface area contributed by atoms with Gasteiger partial charge in [0.15, 0.2) is 6.29 Å². The number of rotatable bonds is 5. The molecule has 1 saturated heterocycles. The van der Waals surface area contributed by atoms with Crippen LogP contribution in [0.25, 0.3) is 0 Å². The fraction of sp³-hybridized carbons (Fsp3) is 1.00. The third kappa shape index (κ3) is 2.25. The molecule has 0 aliphatic carbocycles. The van der Waals surface area contributed by atoms with Crippen molar-refractivity contribution in [3.63, 3.8) is 0 Å². The van der Waals surface area contributed by atoms with Crippen LogP contribution in [0.3, 0.4) is 0 Å². The van der Waals surface area contributed by atoms with Crippen LogP contribution in [0, 0.1) is 0 Å². The lowest BCUT2D eigenvalue weighted by molar-refractivity contribution is -0.147. The van der Waals surface area contributed by atoms with Crippen molar-refractivity contribution in [3.05, 3.63) is 0 Å². The lowest BCUT2D eigenvalue weighted by Crippen LogP contribution is -2.23. The topological polar surface area (TPSA) is 31.0 Å². The van der Waals surface area contributed by atoms with E-state index in [9.17, 15) is 0 Å². The van der Waals surface area contributed by atoms with Gasteiger partial charge in [0.1, 0.15) is 6.10 Å². The third-order valence-electron chi connectivity index (χ3n) is 1.32. The smallest absolute Gasteiger partial charge is 0.185 e. The highest BCUT2D eigenvalue weighted by Crippen LogP contribution is 2.17. The molecule has 0 aromatic heterocycles. The summed E-state index contributed by atoms with van der Waals surface area (Å²) in [6.45, 7) is 6.06. The Morgan fingerprint density at radius 3 is 2.20 bits per heavy atom. The molecule has 0 saturated carbocycles. The predicted molar refractivity (Wildman–Crippen MR) is 36.8 cm³/mol. The van der Waals surface area contributed by atoms with Crippen LogP contribution >= 0.6 is 0 Å². The van der Waals surface area contributed by atoms with Gasteiger partial charge < -0.3 is 14.2 Å². The first kappa shape index (κ1) is 7.98. The molecule has 3 heteroatoms. The van der Waals surface area contributed by atoms with E-state index >= 15 is 0 Å². The van der Waals surface area contributed by atoms with Gasteiger partial charge in [-0.05, 0) is 13.8 Å². The van der Waals surface area contributed by atoms with Crippen LogP contribution in [0.2, 0.25) is 0 Å². The van der Waals surface area contributed by atoms with Gasteiger partial charge >= 0.3 is 0 Å². The predicted octanol–water partition coefficient (Wildman–Crippen LogP) is 0.784. The zero-order valence-electron chi connectivity index (χ0n) is 6.50. The molecule has 0 aromatic rings. The maximum atomic E-state index is 5.26. The summed E-state index contributed by atoms with van der Waals surface area (Å²) in [4.78, 5) is 0. The second kappa shape index (κ2) is 3.91. The highest BCUT2D eigenvalue weighted by atomic mass is 16.7. The minimum Gasteiger partial charge on any atom is -0.368 e. The first-order valence-electron chi connectivity index (χ1n) is 3.73. The van der Waals surface area contributed by atoms with Crippen LogP contribution in [0.1, 0.15) is 13.8 Å². The van der Waals surface area contributed by atoms with Crippen LogP contribution in [0.5, 0.6) is 0 Å². The SMILES string of the molecule is CCOC(OCC)[C@H]1CO1. The van der Waals surface area contributed by atoms with E-state index in [0.717, 1.165) is 6.61 Å². The third-order valence-corrected chi connectivity index (χ3v) is 1.32. The number of hydrogen-bond acceptors (Lipinski definition) is 3. The Hall–Kier alpha value is -0.120. The van der Waals surface area contributed by atoms with Crippen molar-refractivity contribution < 1.29 is 14.2 Å². The first-order chi connectivity index (χ1) is 4.88. The van der Waals surface area contributed by atoms with E-state index in [4.69, 9.17) is 14.2 Å². The minimum atomic E-state index is -0.130. The maximum absolute atomic E-state index is 5.26. The van der Waals surface area contributed by atoms with Crippen LogP contribution < -0.4 is 0 Å². The summed E-state index contributed by atoms with van der Waals surface area (Å²) in [6.07, 6.45) is 0.0647. The summed E-state index contributed by atoms with van der Waals surface area (Å²) in [5.41, 5.74) is 0. The fourth-order valence-electron chi connectivity index (χ4n) is 0.804. The van der Waals surface area contributed by atoms with Gasteiger partial charge in [-0.1, -0.05) is 0 Å². The molecule has 1 heterocycles. The standard InChI is InChI=1S/C7H14O3/c1-3-8-7(9-4-2)6-5-10-6/h6-7H,3-5H2,1-2H3/t6-/m1/s1. The van der Waals surface area contributed by atoms with Gasteiger partial charge in [0.2, 0.25) is 0 Å². The Bertz CT molecular complexity index is 84.9. The summed E-state index contributed by atoms with van der Waals surface area (Å²) >= 11 is 0. The molecule has 0 N–H and O–H groups in total. The van der Waals surface area contributed by atoms with Crippen molar-refractivity contribution in [2.24, 2.45) is 0 Å². The molecule has 1 aliphatic rings. The summed E-state index contributed by atoms with van der Waals surface area (Å²) in [5.74, 6) is 0. The number of epoxide rings is 1. The first-order valence-corrected chi connectivity index (χ1v) is 3.73. The average Bonchev–Trinajstić information content (AvgIpc) is 2.69. The second-order valence-electron chi connectivity index (χ2n) is 2.15. The summed E-state index contributed by atoms with van der Waals surface area (Å²) in [6, 6.07) is 0. The van der Waals surface area contributed by atoms with E-state index in [0.29, 0.717) is 13.2 Å². The molecule has 0 radical (unpaired) electrons. The lowest BCUT2D eigenvalue weighted by atomic mass is 10.4. The average molecular weight is 146 g/mol. The maximum Gasteiger partial charge on any atom is 0.185 e. The van der Waals surface area contributed by atoms with Gasteiger partial charge in [-0.25, -0.2) is 0 Å². The van der Waals surface area contributed by atoms with E-state index in [1.54, 1.807) is 0 Å². The Labute approximate surface area is 61.3 Å². The minimum absolute atomic E-state index is 0.130. The van der Waals surface area contributed by atoms with E-state index in [2.05, 4.69) is 0 Å². The van der Waals surface area contributed by atoms with Gasteiger partial charge in [-0.3, -0.25) is 0 Å². The van der Waals surface area contributed by atoms with Gasteiger partial charge in [-0.2, -0.15) is 0 Å². The molecule has 3 nitrogen and oxygen atoms in total. The molecule has 60 valence electrons. The van der Waals surface area contributed by atoms with Crippen molar-refractivity contribution in [2.45, 2.75) is 26.2 Å². The Morgan fingerprint density at radius 2 is 1.90 bits per heavy atom. The normalized spacial score (nSPS) is 23.7. The van der Waals surface area contributed by atoms with Crippen molar-refractivity contribution >= 4 is 0 Å². The van der Waals surface area contributed by atoms with Crippen LogP contribution in [0.15, 0.2) is 0 Å². The van der Waals surface area contributed by atoms with Crippen LogP contribution in [0.4, 0.5) is 0 Å². The fourth-order valence-corrected chi connectivity index (χ4v) is 0.804. The summed E-state index contributed by atoms with van der Waals surface area (Å²) < 4.78 is 15.5. The molecule has 0 spiro atoms. The van der Waals surface area contributed by atoms with Gasteiger partial charge in [0.25, 0.3) is 0 Å². The molecular weight excluding hydrogens is 132 g/mol. The Balaban J connectivity index is 2.13. The van der Waals surface area contributed by atoms with Gasteiger partial charge in [-0.15, -0.1) is 0 Å². The monoisotopic (exact) mass is 146 g/mol. The van der Waals surface area contributed by atoms with E-state index in [1.165, 1.54) is 0 Å². The molecule has 1 rings (SSSR count). The molecule has 1 atom stereocenters. The van der Waals surface area contributed by atoms with Gasteiger partial charge in [0.05, 0.1) is 6.61 Å². The van der Waals surface area contributed by atoms with Crippen LogP contribution in [-0.2, 0) is 14.2 Å². The van der Waals surface area contributed by atoms with Crippen molar-refractivity contribution in [2.75, 3.05) is 19.8 Å². The van der Waals surface area contributed by atoms with Gasteiger partial charge in [0, 0.05) is 13.2 Å². The summed E-state index contributed by atoms with van der Waals surface area (Å²) in [7, 11) is 0. The van der Waals surface area contributed by atoms with Crippen molar-refractivity contribution in [1.29, 1.82) is 0 Å². The molecule has 0 bridgehead atoms. The zero-order chi connectivity index (χ0) is 7.40. The molecule has 1 aliphatic heterocycles. The van der Waals surface area contributed by atoms with E-state index < -0.39 is 0 Å². The molecule has 10 heavy (non-hydrogen) atoms. The highest BCUT2D eigenvalue weighted by Gasteiger charge is 2.33. The zero-order valence-corrected chi connectivity index (χ0v) is 6.50. The quantitative estimate of drug-likeness (QED) is 0.424. The molecule has 1 fully saturated rings. The summed E-state index contributed by atoms with van der Waals surface area (Å²) in [5, 5.41) is 0. The van der Waals surface area contributed by atoms with Crippen LogP contribution in [-0.4, -0.2) is 32.2 Å². The Morgan fingerprint density at radius 1 is 1.40 bits per heavy atom. The van der Waals surface area contributed by atoms with Crippen molar-refractivity contribution in [1.82, 2.24) is 0 Å². The highest BCUT2D eigenvalue weighted by molar-refractivity contribution is 4.73. The Kier molecular flexibility index (Phi) is 3.12. The van der Waals surface area contributed by atoms with E-state index in [-0.39, 0.29) is 12.4 Å². The molecule has 0 aromatic carbocycles. The second-order valence-corrected chi connectivity index (χ2v) is 2.15. The van der Waals surface area contributed by atoms with Crippen molar-refractivity contribution in [3.8, 4) is 0 Å². The lowest BCUT2D eigenvalue weighted by Gasteiger charge is -2.13. The molecular formula is C7H14O3. The van der Waals surface area contributed by atoms with E-state index in [1.807, 2.05) is 13.8 Å². The number of hydrogen-bond donors (Lipinski definition) is 0.